The molecule has 76 valence electrons. The van der Waals surface area contributed by atoms with Crippen molar-refractivity contribution in [1.82, 2.24) is 0 Å². The maximum Gasteiger partial charge on any atom is 0.136 e. The summed E-state index contributed by atoms with van der Waals surface area (Å²) in [6, 6.07) is 4.86. The third-order valence-corrected chi connectivity index (χ3v) is 2.66. The molecule has 2 nitrogen and oxygen atoms in total. The van der Waals surface area contributed by atoms with Gasteiger partial charge in [-0.15, -0.1) is 0 Å². The SMILES string of the molecule is N#CC1(c2cc(F)ccc2F)CC(=O)C1. The van der Waals surface area contributed by atoms with Crippen LogP contribution >= 0.6 is 0 Å². The number of halogens is 2. The Morgan fingerprint density at radius 2 is 2.00 bits per heavy atom. The highest BCUT2D eigenvalue weighted by molar-refractivity contribution is 5.90. The lowest BCUT2D eigenvalue weighted by molar-refractivity contribution is -0.126. The Morgan fingerprint density at radius 1 is 1.33 bits per heavy atom. The van der Waals surface area contributed by atoms with Crippen molar-refractivity contribution in [2.24, 2.45) is 0 Å². The van der Waals surface area contributed by atoms with Crippen LogP contribution in [-0.4, -0.2) is 5.78 Å². The number of benzene rings is 1. The largest absolute Gasteiger partial charge is 0.300 e. The number of nitrogens with zero attached hydrogens (tertiary/aromatic N) is 1. The number of carbonyl (C=O) groups excluding carboxylic acids is 1. The van der Waals surface area contributed by atoms with Crippen molar-refractivity contribution >= 4 is 5.78 Å². The maximum absolute atomic E-state index is 13.4. The molecule has 15 heavy (non-hydrogen) atoms. The number of hydrogen-bond donors (Lipinski definition) is 0. The highest BCUT2D eigenvalue weighted by Crippen LogP contribution is 2.41. The van der Waals surface area contributed by atoms with Crippen LogP contribution in [0.1, 0.15) is 18.4 Å². The summed E-state index contributed by atoms with van der Waals surface area (Å²) in [5.41, 5.74) is -1.16. The fourth-order valence-corrected chi connectivity index (χ4v) is 1.82. The molecule has 1 aromatic carbocycles. The van der Waals surface area contributed by atoms with Crippen LogP contribution in [0, 0.1) is 23.0 Å². The lowest BCUT2D eigenvalue weighted by atomic mass is 9.64. The normalized spacial score (nSPS) is 18.1. The second-order valence-electron chi connectivity index (χ2n) is 3.71. The van der Waals surface area contributed by atoms with E-state index in [1.165, 1.54) is 0 Å². The van der Waals surface area contributed by atoms with Gasteiger partial charge in [-0.3, -0.25) is 4.79 Å². The standard InChI is InChI=1S/C11H7F2NO/c12-7-1-2-10(13)9(3-7)11(6-14)4-8(15)5-11/h1-3H,4-5H2. The Hall–Kier alpha value is -1.76. The molecule has 1 aliphatic rings. The number of hydrogen-bond acceptors (Lipinski definition) is 2. The van der Waals surface area contributed by atoms with Gasteiger partial charge in [0.15, 0.2) is 0 Å². The van der Waals surface area contributed by atoms with Crippen molar-refractivity contribution in [3.63, 3.8) is 0 Å². The first kappa shape index (κ1) is 9.78. The van der Waals surface area contributed by atoms with Crippen molar-refractivity contribution in [1.29, 1.82) is 5.26 Å². The molecular weight excluding hydrogens is 200 g/mol. The zero-order chi connectivity index (χ0) is 11.1. The molecule has 0 saturated heterocycles. The molecule has 4 heteroatoms. The molecule has 1 aromatic rings. The fourth-order valence-electron chi connectivity index (χ4n) is 1.82. The second kappa shape index (κ2) is 3.13. The van der Waals surface area contributed by atoms with Crippen LogP contribution in [0.3, 0.4) is 0 Å². The summed E-state index contributed by atoms with van der Waals surface area (Å²) in [6.07, 6.45) is -0.0479. The van der Waals surface area contributed by atoms with Crippen molar-refractivity contribution in [2.45, 2.75) is 18.3 Å². The average Bonchev–Trinajstić information content (AvgIpc) is 2.17. The highest BCUT2D eigenvalue weighted by Gasteiger charge is 2.47. The summed E-state index contributed by atoms with van der Waals surface area (Å²) in [7, 11) is 0. The summed E-state index contributed by atoms with van der Waals surface area (Å²) in [5, 5.41) is 8.93. The fraction of sp³-hybridized carbons (Fsp3) is 0.273. The Bertz CT molecular complexity index is 468. The summed E-state index contributed by atoms with van der Waals surface area (Å²) in [6.45, 7) is 0. The molecule has 0 N–H and O–H groups in total. The third kappa shape index (κ3) is 1.40. The minimum Gasteiger partial charge on any atom is -0.300 e. The molecule has 2 rings (SSSR count). The molecule has 0 heterocycles. The van der Waals surface area contributed by atoms with Crippen LogP contribution < -0.4 is 0 Å². The van der Waals surface area contributed by atoms with E-state index < -0.39 is 17.0 Å². The van der Waals surface area contributed by atoms with Crippen LogP contribution in [0.2, 0.25) is 0 Å². The van der Waals surface area contributed by atoms with E-state index in [1.807, 2.05) is 6.07 Å². The van der Waals surface area contributed by atoms with Crippen molar-refractivity contribution in [2.75, 3.05) is 0 Å². The van der Waals surface area contributed by atoms with Gasteiger partial charge in [-0.05, 0) is 18.2 Å². The van der Waals surface area contributed by atoms with E-state index >= 15 is 0 Å². The van der Waals surface area contributed by atoms with E-state index in [0.29, 0.717) is 0 Å². The molecule has 0 atom stereocenters. The van der Waals surface area contributed by atoms with Gasteiger partial charge in [-0.2, -0.15) is 5.26 Å². The van der Waals surface area contributed by atoms with Gasteiger partial charge in [-0.1, -0.05) is 0 Å². The molecule has 0 aromatic heterocycles. The van der Waals surface area contributed by atoms with E-state index in [9.17, 15) is 13.6 Å². The number of rotatable bonds is 1. The van der Waals surface area contributed by atoms with Crippen molar-refractivity contribution in [3.05, 3.63) is 35.4 Å². The number of nitriles is 1. The predicted molar refractivity (Wildman–Crippen MR) is 47.9 cm³/mol. The van der Waals surface area contributed by atoms with E-state index in [-0.39, 0.29) is 24.2 Å². The van der Waals surface area contributed by atoms with Gasteiger partial charge in [-0.25, -0.2) is 8.78 Å². The molecular formula is C11H7F2NO. The topological polar surface area (TPSA) is 40.9 Å². The summed E-state index contributed by atoms with van der Waals surface area (Å²) in [4.78, 5) is 10.9. The minimum atomic E-state index is -1.15. The van der Waals surface area contributed by atoms with Crippen LogP contribution in [-0.2, 0) is 10.2 Å². The van der Waals surface area contributed by atoms with Crippen LogP contribution in [0.5, 0.6) is 0 Å². The molecule has 0 aliphatic heterocycles. The lowest BCUT2D eigenvalue weighted by Crippen LogP contribution is -2.41. The average molecular weight is 207 g/mol. The van der Waals surface area contributed by atoms with Gasteiger partial charge >= 0.3 is 0 Å². The molecule has 0 unspecified atom stereocenters. The Morgan fingerprint density at radius 3 is 2.53 bits per heavy atom. The van der Waals surface area contributed by atoms with E-state index in [1.54, 1.807) is 0 Å². The van der Waals surface area contributed by atoms with Crippen LogP contribution in [0.25, 0.3) is 0 Å². The molecule has 1 aliphatic carbocycles. The van der Waals surface area contributed by atoms with Crippen molar-refractivity contribution < 1.29 is 13.6 Å². The number of Topliss-reactive ketones (excluding diaryl/α,β-unsaturated/α-hetero) is 1. The Labute approximate surface area is 85.1 Å². The van der Waals surface area contributed by atoms with Gasteiger partial charge in [0.1, 0.15) is 17.4 Å². The van der Waals surface area contributed by atoms with E-state index in [4.69, 9.17) is 5.26 Å². The quantitative estimate of drug-likeness (QED) is 0.707. The highest BCUT2D eigenvalue weighted by atomic mass is 19.1. The van der Waals surface area contributed by atoms with Gasteiger partial charge in [0.2, 0.25) is 0 Å². The zero-order valence-corrected chi connectivity index (χ0v) is 7.76. The predicted octanol–water partition coefficient (Wildman–Crippen LogP) is 2.09. The zero-order valence-electron chi connectivity index (χ0n) is 7.76. The number of ketones is 1. The molecule has 0 spiro atoms. The molecule has 1 saturated carbocycles. The van der Waals surface area contributed by atoms with Gasteiger partial charge in [0, 0.05) is 18.4 Å². The van der Waals surface area contributed by atoms with Gasteiger partial charge in [0.05, 0.1) is 11.5 Å². The monoisotopic (exact) mass is 207 g/mol. The number of carbonyl (C=O) groups is 1. The molecule has 0 radical (unpaired) electrons. The molecule has 0 amide bonds. The first-order valence-corrected chi connectivity index (χ1v) is 4.46. The summed E-state index contributed by atoms with van der Waals surface area (Å²) in [5.74, 6) is -1.33. The Balaban J connectivity index is 2.49. The first-order valence-electron chi connectivity index (χ1n) is 4.46. The molecule has 0 bridgehead atoms. The third-order valence-electron chi connectivity index (χ3n) is 2.66. The van der Waals surface area contributed by atoms with E-state index in [2.05, 4.69) is 0 Å². The van der Waals surface area contributed by atoms with Gasteiger partial charge < -0.3 is 0 Å². The van der Waals surface area contributed by atoms with Crippen LogP contribution in [0.4, 0.5) is 8.78 Å². The van der Waals surface area contributed by atoms with Crippen LogP contribution in [0.15, 0.2) is 18.2 Å². The lowest BCUT2D eigenvalue weighted by Gasteiger charge is -2.34. The first-order chi connectivity index (χ1) is 7.07. The van der Waals surface area contributed by atoms with Crippen molar-refractivity contribution in [3.8, 4) is 6.07 Å². The molecule has 1 fully saturated rings. The minimum absolute atomic E-state index is 0.00963. The summed E-state index contributed by atoms with van der Waals surface area (Å²) < 4.78 is 26.3. The smallest absolute Gasteiger partial charge is 0.136 e. The Kier molecular flexibility index (Phi) is 2.04. The van der Waals surface area contributed by atoms with Gasteiger partial charge in [0.25, 0.3) is 0 Å². The maximum atomic E-state index is 13.4. The summed E-state index contributed by atoms with van der Waals surface area (Å²) >= 11 is 0. The van der Waals surface area contributed by atoms with E-state index in [0.717, 1.165) is 18.2 Å². The second-order valence-corrected chi connectivity index (χ2v) is 3.71.